The Hall–Kier alpha value is -2.84. The third-order valence-corrected chi connectivity index (χ3v) is 4.45. The van der Waals surface area contributed by atoms with Gasteiger partial charge in [0.05, 0.1) is 11.3 Å². The number of anilines is 1. The maximum atomic E-state index is 12.9. The summed E-state index contributed by atoms with van der Waals surface area (Å²) in [7, 11) is 0. The zero-order chi connectivity index (χ0) is 18.8. The molecule has 0 atom stereocenters. The van der Waals surface area contributed by atoms with Gasteiger partial charge in [0.15, 0.2) is 5.11 Å². The van der Waals surface area contributed by atoms with Gasteiger partial charge in [-0.1, -0.05) is 34.1 Å². The molecular formula is C18H11BrN2O4S. The topological polar surface area (TPSA) is 86.7 Å². The molecule has 8 heteroatoms. The molecule has 26 heavy (non-hydrogen) atoms. The highest BCUT2D eigenvalue weighted by molar-refractivity contribution is 9.10. The molecule has 130 valence electrons. The van der Waals surface area contributed by atoms with Crippen LogP contribution in [-0.4, -0.2) is 28.0 Å². The van der Waals surface area contributed by atoms with E-state index in [1.165, 1.54) is 24.3 Å². The van der Waals surface area contributed by atoms with Crippen LogP contribution in [0.15, 0.2) is 58.6 Å². The van der Waals surface area contributed by atoms with Gasteiger partial charge in [0.25, 0.3) is 11.8 Å². The molecule has 1 aliphatic rings. The molecule has 1 aliphatic heterocycles. The minimum absolute atomic E-state index is 0.00781. The van der Waals surface area contributed by atoms with Crippen LogP contribution in [-0.2, 0) is 9.59 Å². The Morgan fingerprint density at radius 3 is 2.50 bits per heavy atom. The normalized spacial score (nSPS) is 16.0. The second-order valence-electron chi connectivity index (χ2n) is 5.36. The number of nitrogens with zero attached hydrogens (tertiary/aromatic N) is 1. The molecule has 2 amide bonds. The monoisotopic (exact) mass is 430 g/mol. The summed E-state index contributed by atoms with van der Waals surface area (Å²) in [5.41, 5.74) is 0.843. The van der Waals surface area contributed by atoms with E-state index >= 15 is 0 Å². The fraction of sp³-hybridized carbons (Fsp3) is 0. The van der Waals surface area contributed by atoms with Crippen molar-refractivity contribution in [3.63, 3.8) is 0 Å². The highest BCUT2D eigenvalue weighted by Crippen LogP contribution is 2.23. The van der Waals surface area contributed by atoms with Crippen LogP contribution in [0, 0.1) is 0 Å². The standard InChI is InChI=1S/C18H11BrN2O4S/c19-12-6-4-10(5-7-12)8-14-15(22)20-18(26)21(16(14)23)13-3-1-2-11(9-13)17(24)25/h1-9H,(H,24,25)(H,20,22,26). The number of rotatable bonds is 3. The minimum Gasteiger partial charge on any atom is -0.478 e. The number of nitrogens with one attached hydrogen (secondary N) is 1. The molecule has 3 rings (SSSR count). The Kier molecular flexibility index (Phi) is 4.97. The van der Waals surface area contributed by atoms with Crippen molar-refractivity contribution in [3.05, 3.63) is 69.7 Å². The van der Waals surface area contributed by atoms with Gasteiger partial charge >= 0.3 is 5.97 Å². The highest BCUT2D eigenvalue weighted by Gasteiger charge is 2.34. The number of hydrogen-bond donors (Lipinski definition) is 2. The molecule has 0 aliphatic carbocycles. The predicted octanol–water partition coefficient (Wildman–Crippen LogP) is 2.98. The molecule has 0 unspecified atom stereocenters. The summed E-state index contributed by atoms with van der Waals surface area (Å²) in [6.45, 7) is 0. The Bertz CT molecular complexity index is 969. The van der Waals surface area contributed by atoms with Crippen molar-refractivity contribution >= 4 is 62.8 Å². The van der Waals surface area contributed by atoms with E-state index in [4.69, 9.17) is 17.3 Å². The number of halogens is 1. The van der Waals surface area contributed by atoms with Crippen molar-refractivity contribution in [1.29, 1.82) is 0 Å². The van der Waals surface area contributed by atoms with Crippen LogP contribution in [0.1, 0.15) is 15.9 Å². The quantitative estimate of drug-likeness (QED) is 0.444. The van der Waals surface area contributed by atoms with Crippen LogP contribution in [0.5, 0.6) is 0 Å². The van der Waals surface area contributed by atoms with Crippen molar-refractivity contribution in [2.75, 3.05) is 4.90 Å². The Labute approximate surface area is 162 Å². The molecule has 2 N–H and O–H groups in total. The summed E-state index contributed by atoms with van der Waals surface area (Å²) in [6.07, 6.45) is 1.46. The number of hydrogen-bond acceptors (Lipinski definition) is 4. The zero-order valence-corrected chi connectivity index (χ0v) is 15.5. The van der Waals surface area contributed by atoms with E-state index in [0.717, 1.165) is 9.37 Å². The van der Waals surface area contributed by atoms with Gasteiger partial charge < -0.3 is 5.11 Å². The number of thiocarbonyl (C=S) groups is 1. The van der Waals surface area contributed by atoms with E-state index in [9.17, 15) is 14.4 Å². The molecule has 0 saturated carbocycles. The molecule has 0 aromatic heterocycles. The number of carbonyl (C=O) groups excluding carboxylic acids is 2. The van der Waals surface area contributed by atoms with Crippen molar-refractivity contribution < 1.29 is 19.5 Å². The smallest absolute Gasteiger partial charge is 0.335 e. The van der Waals surface area contributed by atoms with E-state index in [-0.39, 0.29) is 21.9 Å². The van der Waals surface area contributed by atoms with Crippen molar-refractivity contribution in [3.8, 4) is 0 Å². The number of aromatic carboxylic acids is 1. The first-order valence-corrected chi connectivity index (χ1v) is 8.57. The molecule has 1 fully saturated rings. The Balaban J connectivity index is 2.02. The largest absolute Gasteiger partial charge is 0.478 e. The fourth-order valence-electron chi connectivity index (χ4n) is 2.40. The molecule has 1 saturated heterocycles. The Morgan fingerprint density at radius 2 is 1.85 bits per heavy atom. The van der Waals surface area contributed by atoms with Gasteiger partial charge in [0.1, 0.15) is 5.57 Å². The van der Waals surface area contributed by atoms with Crippen molar-refractivity contribution in [2.24, 2.45) is 0 Å². The zero-order valence-electron chi connectivity index (χ0n) is 13.1. The molecular weight excluding hydrogens is 420 g/mol. The summed E-state index contributed by atoms with van der Waals surface area (Å²) in [5, 5.41) is 11.5. The van der Waals surface area contributed by atoms with Gasteiger partial charge in [0, 0.05) is 4.47 Å². The molecule has 0 bridgehead atoms. The molecule has 2 aromatic carbocycles. The summed E-state index contributed by atoms with van der Waals surface area (Å²) in [5.74, 6) is -2.35. The predicted molar refractivity (Wildman–Crippen MR) is 104 cm³/mol. The highest BCUT2D eigenvalue weighted by atomic mass is 79.9. The van der Waals surface area contributed by atoms with E-state index in [0.29, 0.717) is 5.56 Å². The lowest BCUT2D eigenvalue weighted by Gasteiger charge is -2.29. The first-order chi connectivity index (χ1) is 12.4. The SMILES string of the molecule is O=C1NC(=S)N(c2cccc(C(=O)O)c2)C(=O)C1=Cc1ccc(Br)cc1. The minimum atomic E-state index is -1.13. The number of carboxylic acid groups (broad SMARTS) is 1. The first kappa shape index (κ1) is 18.0. The number of amides is 2. The van der Waals surface area contributed by atoms with Crippen LogP contribution in [0.3, 0.4) is 0 Å². The lowest BCUT2D eigenvalue weighted by molar-refractivity contribution is -0.122. The van der Waals surface area contributed by atoms with Gasteiger partial charge in [-0.15, -0.1) is 0 Å². The summed E-state index contributed by atoms with van der Waals surface area (Å²) >= 11 is 8.42. The maximum absolute atomic E-state index is 12.9. The maximum Gasteiger partial charge on any atom is 0.335 e. The lowest BCUT2D eigenvalue weighted by Crippen LogP contribution is -2.54. The van der Waals surface area contributed by atoms with Gasteiger partial charge in [-0.25, -0.2) is 4.79 Å². The average molecular weight is 431 g/mol. The number of benzene rings is 2. The van der Waals surface area contributed by atoms with E-state index in [1.807, 2.05) is 0 Å². The number of carbonyl (C=O) groups is 3. The van der Waals surface area contributed by atoms with Gasteiger partial charge in [-0.05, 0) is 54.2 Å². The lowest BCUT2D eigenvalue weighted by atomic mass is 10.1. The number of carboxylic acids is 1. The van der Waals surface area contributed by atoms with Crippen LogP contribution in [0.2, 0.25) is 0 Å². The molecule has 1 heterocycles. The van der Waals surface area contributed by atoms with Gasteiger partial charge in [0.2, 0.25) is 0 Å². The van der Waals surface area contributed by atoms with E-state index < -0.39 is 17.8 Å². The van der Waals surface area contributed by atoms with Crippen LogP contribution in [0.4, 0.5) is 5.69 Å². The second-order valence-corrected chi connectivity index (χ2v) is 6.67. The van der Waals surface area contributed by atoms with E-state index in [2.05, 4.69) is 21.2 Å². The third-order valence-electron chi connectivity index (χ3n) is 3.63. The second kappa shape index (κ2) is 7.19. The molecule has 0 radical (unpaired) electrons. The summed E-state index contributed by atoms with van der Waals surface area (Å²) in [6, 6.07) is 12.9. The summed E-state index contributed by atoms with van der Waals surface area (Å²) < 4.78 is 0.868. The van der Waals surface area contributed by atoms with Crippen LogP contribution >= 0.6 is 28.1 Å². The van der Waals surface area contributed by atoms with Crippen LogP contribution in [0.25, 0.3) is 6.08 Å². The van der Waals surface area contributed by atoms with Gasteiger partial charge in [-0.2, -0.15) is 0 Å². The Morgan fingerprint density at radius 1 is 1.15 bits per heavy atom. The van der Waals surface area contributed by atoms with Crippen LogP contribution < -0.4 is 10.2 Å². The third kappa shape index (κ3) is 3.56. The van der Waals surface area contributed by atoms with Gasteiger partial charge in [-0.3, -0.25) is 19.8 Å². The van der Waals surface area contributed by atoms with Crippen molar-refractivity contribution in [1.82, 2.24) is 5.32 Å². The molecule has 2 aromatic rings. The molecule has 6 nitrogen and oxygen atoms in total. The molecule has 0 spiro atoms. The fourth-order valence-corrected chi connectivity index (χ4v) is 2.94. The van der Waals surface area contributed by atoms with E-state index in [1.54, 1.807) is 30.3 Å². The average Bonchev–Trinajstić information content (AvgIpc) is 2.60. The first-order valence-electron chi connectivity index (χ1n) is 7.37. The van der Waals surface area contributed by atoms with Crippen molar-refractivity contribution in [2.45, 2.75) is 0 Å². The summed E-state index contributed by atoms with van der Waals surface area (Å²) in [4.78, 5) is 37.3.